The van der Waals surface area contributed by atoms with E-state index in [1.165, 1.54) is 18.2 Å². The Morgan fingerprint density at radius 2 is 1.81 bits per heavy atom. The fourth-order valence-electron chi connectivity index (χ4n) is 2.93. The molecule has 0 radical (unpaired) electrons. The Hall–Kier alpha value is -2.15. The SMILES string of the molecule is CCN(CC)C(CNC(=O)c1ccc([N+](=O)[O-])cc1Cl)c1ccccc1Cl. The van der Waals surface area contributed by atoms with Gasteiger partial charge in [-0.1, -0.05) is 55.2 Å². The van der Waals surface area contributed by atoms with Crippen LogP contribution in [0.3, 0.4) is 0 Å². The maximum atomic E-state index is 12.5. The third-order valence-electron chi connectivity index (χ3n) is 4.38. The van der Waals surface area contributed by atoms with Gasteiger partial charge in [-0.25, -0.2) is 0 Å². The largest absolute Gasteiger partial charge is 0.350 e. The molecular weight excluding hydrogens is 389 g/mol. The van der Waals surface area contributed by atoms with Gasteiger partial charge in [-0.05, 0) is 30.8 Å². The van der Waals surface area contributed by atoms with Crippen LogP contribution in [0, 0.1) is 10.1 Å². The van der Waals surface area contributed by atoms with E-state index in [0.717, 1.165) is 18.7 Å². The standard InChI is InChI=1S/C19H21Cl2N3O3/c1-3-23(4-2)18(14-7-5-6-8-16(14)20)12-22-19(25)15-10-9-13(24(26)27)11-17(15)21/h5-11,18H,3-4,12H2,1-2H3,(H,22,25). The van der Waals surface area contributed by atoms with E-state index in [2.05, 4.69) is 10.2 Å². The molecule has 144 valence electrons. The summed E-state index contributed by atoms with van der Waals surface area (Å²) >= 11 is 12.4. The summed E-state index contributed by atoms with van der Waals surface area (Å²) < 4.78 is 0. The highest BCUT2D eigenvalue weighted by Crippen LogP contribution is 2.27. The van der Waals surface area contributed by atoms with Crippen LogP contribution >= 0.6 is 23.2 Å². The molecular formula is C19H21Cl2N3O3. The quantitative estimate of drug-likeness (QED) is 0.505. The summed E-state index contributed by atoms with van der Waals surface area (Å²) in [6.07, 6.45) is 0. The zero-order valence-corrected chi connectivity index (χ0v) is 16.6. The van der Waals surface area contributed by atoms with E-state index >= 15 is 0 Å². The number of likely N-dealkylation sites (N-methyl/N-ethyl adjacent to an activating group) is 1. The second-order valence-electron chi connectivity index (χ2n) is 5.89. The molecule has 0 aliphatic heterocycles. The first-order valence-electron chi connectivity index (χ1n) is 8.59. The van der Waals surface area contributed by atoms with Crippen molar-refractivity contribution in [2.45, 2.75) is 19.9 Å². The van der Waals surface area contributed by atoms with Gasteiger partial charge in [0.15, 0.2) is 0 Å². The third kappa shape index (κ3) is 5.19. The molecule has 2 aromatic rings. The van der Waals surface area contributed by atoms with Crippen LogP contribution in [-0.4, -0.2) is 35.4 Å². The van der Waals surface area contributed by atoms with E-state index in [9.17, 15) is 14.9 Å². The lowest BCUT2D eigenvalue weighted by Gasteiger charge is -2.31. The molecule has 0 aliphatic rings. The monoisotopic (exact) mass is 409 g/mol. The second kappa shape index (κ2) is 9.69. The van der Waals surface area contributed by atoms with Crippen molar-refractivity contribution < 1.29 is 9.72 Å². The minimum atomic E-state index is -0.554. The normalized spacial score (nSPS) is 12.0. The van der Waals surface area contributed by atoms with Crippen molar-refractivity contribution in [3.05, 3.63) is 73.8 Å². The number of hydrogen-bond acceptors (Lipinski definition) is 4. The van der Waals surface area contributed by atoms with E-state index in [1.54, 1.807) is 0 Å². The van der Waals surface area contributed by atoms with Crippen molar-refractivity contribution in [1.82, 2.24) is 10.2 Å². The summed E-state index contributed by atoms with van der Waals surface area (Å²) in [4.78, 5) is 25.0. The van der Waals surface area contributed by atoms with E-state index in [-0.39, 0.29) is 28.2 Å². The Morgan fingerprint density at radius 1 is 1.15 bits per heavy atom. The van der Waals surface area contributed by atoms with Gasteiger partial charge in [-0.15, -0.1) is 0 Å². The molecule has 0 saturated heterocycles. The van der Waals surface area contributed by atoms with Crippen molar-refractivity contribution in [3.8, 4) is 0 Å². The second-order valence-corrected chi connectivity index (χ2v) is 6.70. The minimum absolute atomic E-state index is 0.0406. The topological polar surface area (TPSA) is 75.5 Å². The summed E-state index contributed by atoms with van der Waals surface area (Å²) in [5, 5.41) is 14.4. The number of halogens is 2. The van der Waals surface area contributed by atoms with Gasteiger partial charge in [-0.3, -0.25) is 19.8 Å². The number of non-ortho nitro benzene ring substituents is 1. The van der Waals surface area contributed by atoms with Crippen LogP contribution in [0.1, 0.15) is 35.8 Å². The molecule has 6 nitrogen and oxygen atoms in total. The van der Waals surface area contributed by atoms with Gasteiger partial charge in [0.2, 0.25) is 0 Å². The Balaban J connectivity index is 2.20. The number of benzene rings is 2. The Kier molecular flexibility index (Phi) is 7.59. The molecule has 2 aromatic carbocycles. The number of carbonyl (C=O) groups excluding carboxylic acids is 1. The van der Waals surface area contributed by atoms with Gasteiger partial charge in [-0.2, -0.15) is 0 Å². The first kappa shape index (κ1) is 21.2. The van der Waals surface area contributed by atoms with Crippen molar-refractivity contribution in [2.75, 3.05) is 19.6 Å². The fraction of sp³-hybridized carbons (Fsp3) is 0.316. The van der Waals surface area contributed by atoms with Crippen LogP contribution in [0.5, 0.6) is 0 Å². The van der Waals surface area contributed by atoms with Crippen LogP contribution in [0.15, 0.2) is 42.5 Å². The molecule has 0 spiro atoms. The highest BCUT2D eigenvalue weighted by atomic mass is 35.5. The molecule has 0 bridgehead atoms. The van der Waals surface area contributed by atoms with Crippen molar-refractivity contribution in [3.63, 3.8) is 0 Å². The molecule has 0 aromatic heterocycles. The van der Waals surface area contributed by atoms with Gasteiger partial charge >= 0.3 is 0 Å². The molecule has 1 N–H and O–H groups in total. The van der Waals surface area contributed by atoms with Crippen molar-refractivity contribution >= 4 is 34.8 Å². The van der Waals surface area contributed by atoms with Crippen LogP contribution in [-0.2, 0) is 0 Å². The molecule has 1 unspecified atom stereocenters. The summed E-state index contributed by atoms with van der Waals surface area (Å²) in [6.45, 7) is 6.00. The van der Waals surface area contributed by atoms with Crippen LogP contribution in [0.4, 0.5) is 5.69 Å². The summed E-state index contributed by atoms with van der Waals surface area (Å²) in [6, 6.07) is 11.2. The van der Waals surface area contributed by atoms with Gasteiger partial charge < -0.3 is 5.32 Å². The number of nitro benzene ring substituents is 1. The molecule has 2 rings (SSSR count). The predicted molar refractivity (Wildman–Crippen MR) is 108 cm³/mol. The summed E-state index contributed by atoms with van der Waals surface area (Å²) in [5.74, 6) is -0.390. The van der Waals surface area contributed by atoms with Crippen molar-refractivity contribution in [1.29, 1.82) is 0 Å². The lowest BCUT2D eigenvalue weighted by Crippen LogP contribution is -2.38. The van der Waals surface area contributed by atoms with E-state index < -0.39 is 4.92 Å². The lowest BCUT2D eigenvalue weighted by molar-refractivity contribution is -0.384. The number of carbonyl (C=O) groups is 1. The number of nitrogens with zero attached hydrogens (tertiary/aromatic N) is 2. The van der Waals surface area contributed by atoms with Crippen LogP contribution in [0.2, 0.25) is 10.0 Å². The van der Waals surface area contributed by atoms with Crippen LogP contribution in [0.25, 0.3) is 0 Å². The van der Waals surface area contributed by atoms with Crippen LogP contribution < -0.4 is 5.32 Å². The average Bonchev–Trinajstić information content (AvgIpc) is 2.65. The zero-order valence-electron chi connectivity index (χ0n) is 15.1. The Morgan fingerprint density at radius 3 is 2.37 bits per heavy atom. The Bertz CT molecular complexity index is 826. The molecule has 1 amide bonds. The highest BCUT2D eigenvalue weighted by Gasteiger charge is 2.22. The molecule has 1 atom stereocenters. The van der Waals surface area contributed by atoms with E-state index in [1.807, 2.05) is 38.1 Å². The van der Waals surface area contributed by atoms with E-state index in [0.29, 0.717) is 11.6 Å². The molecule has 0 aliphatic carbocycles. The fourth-order valence-corrected chi connectivity index (χ4v) is 3.45. The lowest BCUT2D eigenvalue weighted by atomic mass is 10.0. The minimum Gasteiger partial charge on any atom is -0.350 e. The molecule has 0 heterocycles. The number of amides is 1. The van der Waals surface area contributed by atoms with Gasteiger partial charge in [0.25, 0.3) is 11.6 Å². The predicted octanol–water partition coefficient (Wildman–Crippen LogP) is 4.71. The number of nitro groups is 1. The summed E-state index contributed by atoms with van der Waals surface area (Å²) in [7, 11) is 0. The molecule has 0 fully saturated rings. The van der Waals surface area contributed by atoms with E-state index in [4.69, 9.17) is 23.2 Å². The maximum Gasteiger partial charge on any atom is 0.270 e. The van der Waals surface area contributed by atoms with Gasteiger partial charge in [0.05, 0.1) is 21.6 Å². The number of hydrogen-bond donors (Lipinski definition) is 1. The Labute approximate surface area is 168 Å². The molecule has 8 heteroatoms. The highest BCUT2D eigenvalue weighted by molar-refractivity contribution is 6.34. The summed E-state index contributed by atoms with van der Waals surface area (Å²) in [5.41, 5.74) is 0.964. The zero-order chi connectivity index (χ0) is 20.0. The smallest absolute Gasteiger partial charge is 0.270 e. The first-order chi connectivity index (χ1) is 12.9. The maximum absolute atomic E-state index is 12.5. The molecule has 0 saturated carbocycles. The van der Waals surface area contributed by atoms with Crippen molar-refractivity contribution in [2.24, 2.45) is 0 Å². The number of nitrogens with one attached hydrogen (secondary N) is 1. The van der Waals surface area contributed by atoms with Gasteiger partial charge in [0.1, 0.15) is 0 Å². The third-order valence-corrected chi connectivity index (χ3v) is 5.04. The average molecular weight is 410 g/mol. The molecule has 27 heavy (non-hydrogen) atoms. The number of rotatable bonds is 8. The van der Waals surface area contributed by atoms with Gasteiger partial charge in [0, 0.05) is 23.7 Å². The first-order valence-corrected chi connectivity index (χ1v) is 9.35.